The highest BCUT2D eigenvalue weighted by molar-refractivity contribution is 5.70. The molecule has 0 heterocycles. The van der Waals surface area contributed by atoms with E-state index in [9.17, 15) is 9.18 Å². The zero-order valence-electron chi connectivity index (χ0n) is 10.9. The Labute approximate surface area is 115 Å². The highest BCUT2D eigenvalue weighted by Gasteiger charge is 2.05. The van der Waals surface area contributed by atoms with Gasteiger partial charge in [0.15, 0.2) is 0 Å². The molecule has 0 unspecified atom stereocenters. The molecule has 5 heteroatoms. The number of rotatable bonds is 5. The lowest BCUT2D eigenvalue weighted by molar-refractivity contribution is -0.136. The predicted octanol–water partition coefficient (Wildman–Crippen LogP) is 3.21. The van der Waals surface area contributed by atoms with E-state index in [2.05, 4.69) is 5.32 Å². The van der Waals surface area contributed by atoms with Crippen LogP contribution in [0, 0.1) is 5.82 Å². The van der Waals surface area contributed by atoms with Crippen molar-refractivity contribution in [3.05, 3.63) is 53.8 Å². The molecule has 4 nitrogen and oxygen atoms in total. The van der Waals surface area contributed by atoms with Gasteiger partial charge in [-0.05, 0) is 29.8 Å². The van der Waals surface area contributed by atoms with Gasteiger partial charge in [0, 0.05) is 11.8 Å². The van der Waals surface area contributed by atoms with E-state index in [0.29, 0.717) is 22.7 Å². The summed E-state index contributed by atoms with van der Waals surface area (Å²) in [4.78, 5) is 10.6. The van der Waals surface area contributed by atoms with Gasteiger partial charge in [0.05, 0.1) is 19.2 Å². The van der Waals surface area contributed by atoms with Gasteiger partial charge in [-0.15, -0.1) is 0 Å². The fourth-order valence-corrected chi connectivity index (χ4v) is 1.76. The number of aliphatic carboxylic acids is 1. The van der Waals surface area contributed by atoms with Crippen LogP contribution in [-0.4, -0.2) is 18.2 Å². The number of nitrogens with one attached hydrogen (secondary N) is 1. The predicted molar refractivity (Wildman–Crippen MR) is 74.0 cm³/mol. The summed E-state index contributed by atoms with van der Waals surface area (Å²) < 4.78 is 18.7. The summed E-state index contributed by atoms with van der Waals surface area (Å²) >= 11 is 0. The zero-order chi connectivity index (χ0) is 14.5. The van der Waals surface area contributed by atoms with Gasteiger partial charge >= 0.3 is 5.97 Å². The van der Waals surface area contributed by atoms with Crippen LogP contribution >= 0.6 is 0 Å². The van der Waals surface area contributed by atoms with Crippen molar-refractivity contribution in [1.82, 2.24) is 0 Å². The molecule has 2 aromatic carbocycles. The highest BCUT2D eigenvalue weighted by Crippen LogP contribution is 2.24. The fraction of sp³-hybridized carbons (Fsp3) is 0.133. The van der Waals surface area contributed by atoms with Gasteiger partial charge in [-0.1, -0.05) is 12.1 Å². The first-order valence-corrected chi connectivity index (χ1v) is 6.00. The molecular weight excluding hydrogens is 261 g/mol. The van der Waals surface area contributed by atoms with Gasteiger partial charge in [0.25, 0.3) is 0 Å². The van der Waals surface area contributed by atoms with Gasteiger partial charge in [-0.3, -0.25) is 4.79 Å². The molecular formula is C15H14FNO3. The van der Waals surface area contributed by atoms with Crippen LogP contribution in [0.1, 0.15) is 5.56 Å². The Bertz CT molecular complexity index is 611. The normalized spacial score (nSPS) is 10.1. The quantitative estimate of drug-likeness (QED) is 0.879. The molecule has 2 N–H and O–H groups in total. The number of halogens is 1. The van der Waals surface area contributed by atoms with E-state index in [1.54, 1.807) is 36.4 Å². The molecule has 0 aliphatic carbocycles. The number of hydrogen-bond donors (Lipinski definition) is 2. The molecule has 20 heavy (non-hydrogen) atoms. The second-order valence-electron chi connectivity index (χ2n) is 4.24. The first kappa shape index (κ1) is 13.9. The van der Waals surface area contributed by atoms with Crippen molar-refractivity contribution >= 4 is 17.3 Å². The Morgan fingerprint density at radius 2 is 1.95 bits per heavy atom. The molecule has 0 fully saturated rings. The van der Waals surface area contributed by atoms with Crippen LogP contribution in [0.5, 0.6) is 5.75 Å². The molecule has 0 aromatic heterocycles. The number of anilines is 2. The molecule has 0 saturated heterocycles. The maximum Gasteiger partial charge on any atom is 0.307 e. The van der Waals surface area contributed by atoms with Gasteiger partial charge in [-0.2, -0.15) is 0 Å². The van der Waals surface area contributed by atoms with Crippen molar-refractivity contribution in [2.24, 2.45) is 0 Å². The van der Waals surface area contributed by atoms with E-state index >= 15 is 0 Å². The first-order valence-electron chi connectivity index (χ1n) is 6.00. The van der Waals surface area contributed by atoms with Gasteiger partial charge in [0.2, 0.25) is 0 Å². The average Bonchev–Trinajstić information content (AvgIpc) is 2.42. The van der Waals surface area contributed by atoms with Crippen LogP contribution in [-0.2, 0) is 11.2 Å². The minimum absolute atomic E-state index is 0.0306. The molecule has 0 amide bonds. The Kier molecular flexibility index (Phi) is 4.20. The smallest absolute Gasteiger partial charge is 0.307 e. The minimum Gasteiger partial charge on any atom is -0.497 e. The van der Waals surface area contributed by atoms with Crippen molar-refractivity contribution in [2.45, 2.75) is 6.42 Å². The summed E-state index contributed by atoms with van der Waals surface area (Å²) in [7, 11) is 1.48. The number of ether oxygens (including phenoxy) is 1. The first-order chi connectivity index (χ1) is 9.58. The fourth-order valence-electron chi connectivity index (χ4n) is 1.76. The lowest BCUT2D eigenvalue weighted by Gasteiger charge is -2.09. The van der Waals surface area contributed by atoms with Crippen LogP contribution < -0.4 is 10.1 Å². The third-order valence-corrected chi connectivity index (χ3v) is 2.76. The lowest BCUT2D eigenvalue weighted by Crippen LogP contribution is -2.00. The number of hydrogen-bond acceptors (Lipinski definition) is 3. The van der Waals surface area contributed by atoms with Crippen molar-refractivity contribution in [1.29, 1.82) is 0 Å². The summed E-state index contributed by atoms with van der Waals surface area (Å²) in [6.07, 6.45) is -0.0306. The minimum atomic E-state index is -0.882. The van der Waals surface area contributed by atoms with Gasteiger partial charge in [-0.25, -0.2) is 4.39 Å². The molecule has 0 atom stereocenters. The van der Waals surface area contributed by atoms with Crippen molar-refractivity contribution < 1.29 is 19.0 Å². The Hall–Kier alpha value is -2.56. The van der Waals surface area contributed by atoms with E-state index < -0.39 is 11.8 Å². The van der Waals surface area contributed by atoms with E-state index in [0.717, 1.165) is 0 Å². The number of methoxy groups -OCH3 is 1. The van der Waals surface area contributed by atoms with Crippen LogP contribution in [0.2, 0.25) is 0 Å². The third kappa shape index (κ3) is 3.47. The van der Waals surface area contributed by atoms with Crippen molar-refractivity contribution in [3.8, 4) is 5.75 Å². The van der Waals surface area contributed by atoms with E-state index in [1.165, 1.54) is 13.2 Å². The standard InChI is InChI=1S/C15H14FNO3/c1-20-12-6-7-14(13(16)9-12)17-11-4-2-10(3-5-11)8-15(18)19/h2-7,9,17H,8H2,1H3,(H,18,19). The Morgan fingerprint density at radius 3 is 2.50 bits per heavy atom. The molecule has 0 aliphatic rings. The van der Waals surface area contributed by atoms with E-state index in [4.69, 9.17) is 9.84 Å². The summed E-state index contributed by atoms with van der Waals surface area (Å²) in [5.41, 5.74) is 1.71. The summed E-state index contributed by atoms with van der Waals surface area (Å²) in [5.74, 6) is -0.851. The Balaban J connectivity index is 2.12. The van der Waals surface area contributed by atoms with Gasteiger partial charge < -0.3 is 15.2 Å². The summed E-state index contributed by atoms with van der Waals surface area (Å²) in [6.45, 7) is 0. The van der Waals surface area contributed by atoms with Crippen LogP contribution in [0.25, 0.3) is 0 Å². The monoisotopic (exact) mass is 275 g/mol. The van der Waals surface area contributed by atoms with Crippen molar-refractivity contribution in [2.75, 3.05) is 12.4 Å². The highest BCUT2D eigenvalue weighted by atomic mass is 19.1. The van der Waals surface area contributed by atoms with Crippen molar-refractivity contribution in [3.63, 3.8) is 0 Å². The number of carboxylic acid groups (broad SMARTS) is 1. The topological polar surface area (TPSA) is 58.6 Å². The second kappa shape index (κ2) is 6.06. The molecule has 2 aromatic rings. The third-order valence-electron chi connectivity index (χ3n) is 2.76. The molecule has 0 bridgehead atoms. The van der Waals surface area contributed by atoms with Crippen LogP contribution in [0.3, 0.4) is 0 Å². The van der Waals surface area contributed by atoms with Crippen LogP contribution in [0.15, 0.2) is 42.5 Å². The average molecular weight is 275 g/mol. The molecule has 0 spiro atoms. The van der Waals surface area contributed by atoms with E-state index in [1.807, 2.05) is 0 Å². The molecule has 0 radical (unpaired) electrons. The maximum absolute atomic E-state index is 13.8. The second-order valence-corrected chi connectivity index (χ2v) is 4.24. The number of carboxylic acids is 1. The van der Waals surface area contributed by atoms with Crippen LogP contribution in [0.4, 0.5) is 15.8 Å². The lowest BCUT2D eigenvalue weighted by atomic mass is 10.1. The molecule has 2 rings (SSSR count). The number of carbonyl (C=O) groups is 1. The molecule has 0 aliphatic heterocycles. The maximum atomic E-state index is 13.8. The summed E-state index contributed by atoms with van der Waals surface area (Å²) in [5, 5.41) is 11.6. The summed E-state index contributed by atoms with van der Waals surface area (Å²) in [6, 6.07) is 11.3. The van der Waals surface area contributed by atoms with E-state index in [-0.39, 0.29) is 6.42 Å². The molecule has 0 saturated carbocycles. The SMILES string of the molecule is COc1ccc(Nc2ccc(CC(=O)O)cc2)c(F)c1. The Morgan fingerprint density at radius 1 is 1.25 bits per heavy atom. The van der Waals surface area contributed by atoms with Gasteiger partial charge in [0.1, 0.15) is 11.6 Å². The largest absolute Gasteiger partial charge is 0.497 e. The number of benzene rings is 2. The zero-order valence-corrected chi connectivity index (χ0v) is 10.9. The molecule has 104 valence electrons.